The summed E-state index contributed by atoms with van der Waals surface area (Å²) in [5, 5.41) is 3.41. The number of carbonyl (C=O) groups is 2. The van der Waals surface area contributed by atoms with E-state index in [1.165, 1.54) is 11.8 Å². The van der Waals surface area contributed by atoms with Gasteiger partial charge in [0.1, 0.15) is 12.3 Å². The van der Waals surface area contributed by atoms with Crippen molar-refractivity contribution in [3.63, 3.8) is 0 Å². The van der Waals surface area contributed by atoms with Crippen LogP contribution in [-0.4, -0.2) is 25.0 Å². The van der Waals surface area contributed by atoms with Gasteiger partial charge in [0.15, 0.2) is 0 Å². The molecule has 0 aliphatic rings. The zero-order valence-electron chi connectivity index (χ0n) is 14.5. The van der Waals surface area contributed by atoms with Crippen LogP contribution in [-0.2, 0) is 9.59 Å². The molecule has 0 radical (unpaired) electrons. The Hall–Kier alpha value is -2.53. The average molecular weight is 361 g/mol. The van der Waals surface area contributed by atoms with Gasteiger partial charge in [-0.25, -0.2) is 0 Å². The molecular formula is C19H21ClN2O3. The number of carbonyl (C=O) groups excluding carboxylic acids is 2. The molecule has 1 N–H and O–H groups in total. The van der Waals surface area contributed by atoms with Crippen LogP contribution >= 0.6 is 11.6 Å². The molecule has 0 unspecified atom stereocenters. The highest BCUT2D eigenvalue weighted by Crippen LogP contribution is 2.21. The second-order valence-corrected chi connectivity index (χ2v) is 5.98. The van der Waals surface area contributed by atoms with Crippen LogP contribution in [0.2, 0.25) is 5.02 Å². The van der Waals surface area contributed by atoms with E-state index in [2.05, 4.69) is 5.32 Å². The molecule has 0 bridgehead atoms. The van der Waals surface area contributed by atoms with Crippen LogP contribution < -0.4 is 15.0 Å². The second-order valence-electron chi connectivity index (χ2n) is 5.54. The van der Waals surface area contributed by atoms with Crippen LogP contribution in [0.4, 0.5) is 11.4 Å². The van der Waals surface area contributed by atoms with E-state index < -0.39 is 0 Å². The summed E-state index contributed by atoms with van der Waals surface area (Å²) < 4.78 is 5.39. The zero-order chi connectivity index (χ0) is 18.4. The second kappa shape index (κ2) is 8.53. The maximum absolute atomic E-state index is 12.3. The maximum atomic E-state index is 12.3. The Morgan fingerprint density at radius 2 is 1.84 bits per heavy atom. The number of aryl methyl sites for hydroxylation is 1. The quantitative estimate of drug-likeness (QED) is 0.845. The maximum Gasteiger partial charge on any atom is 0.244 e. The smallest absolute Gasteiger partial charge is 0.244 e. The van der Waals surface area contributed by atoms with E-state index in [9.17, 15) is 9.59 Å². The predicted octanol–water partition coefficient (Wildman–Crippen LogP) is 4.04. The van der Waals surface area contributed by atoms with Crippen molar-refractivity contribution in [2.75, 3.05) is 23.4 Å². The van der Waals surface area contributed by atoms with E-state index in [0.717, 1.165) is 11.3 Å². The molecule has 25 heavy (non-hydrogen) atoms. The number of nitrogens with zero attached hydrogens (tertiary/aromatic N) is 1. The lowest BCUT2D eigenvalue weighted by Gasteiger charge is -2.21. The Kier molecular flexibility index (Phi) is 6.42. The van der Waals surface area contributed by atoms with Gasteiger partial charge in [-0.05, 0) is 61.9 Å². The zero-order valence-corrected chi connectivity index (χ0v) is 15.3. The van der Waals surface area contributed by atoms with Crippen molar-refractivity contribution in [3.05, 3.63) is 53.1 Å². The van der Waals surface area contributed by atoms with Gasteiger partial charge >= 0.3 is 0 Å². The number of ether oxygens (including phenoxy) is 1. The summed E-state index contributed by atoms with van der Waals surface area (Å²) >= 11 is 5.92. The number of rotatable bonds is 6. The van der Waals surface area contributed by atoms with Gasteiger partial charge < -0.3 is 15.0 Å². The van der Waals surface area contributed by atoms with E-state index in [1.807, 2.05) is 13.8 Å². The van der Waals surface area contributed by atoms with Gasteiger partial charge in [0.25, 0.3) is 0 Å². The molecule has 5 nitrogen and oxygen atoms in total. The number of amides is 2. The molecule has 0 saturated carbocycles. The third-order valence-corrected chi connectivity index (χ3v) is 3.84. The summed E-state index contributed by atoms with van der Waals surface area (Å²) in [4.78, 5) is 25.7. The first-order chi connectivity index (χ1) is 11.9. The van der Waals surface area contributed by atoms with Crippen LogP contribution in [0.15, 0.2) is 42.5 Å². The normalized spacial score (nSPS) is 10.2. The van der Waals surface area contributed by atoms with Crippen molar-refractivity contribution in [3.8, 4) is 5.75 Å². The van der Waals surface area contributed by atoms with Gasteiger partial charge in [-0.1, -0.05) is 11.6 Å². The molecule has 0 spiro atoms. The molecule has 0 atom stereocenters. The lowest BCUT2D eigenvalue weighted by Crippen LogP contribution is -2.36. The van der Waals surface area contributed by atoms with Gasteiger partial charge in [-0.2, -0.15) is 0 Å². The third kappa shape index (κ3) is 5.22. The number of nitrogens with one attached hydrogen (secondary N) is 1. The minimum absolute atomic E-state index is 0.0780. The van der Waals surface area contributed by atoms with E-state index in [0.29, 0.717) is 23.0 Å². The SMILES string of the molecule is CCOc1ccc(N(CC(=O)Nc2ccc(Cl)cc2C)C(C)=O)cc1. The van der Waals surface area contributed by atoms with Gasteiger partial charge in [0.2, 0.25) is 11.8 Å². The molecule has 132 valence electrons. The molecule has 0 aliphatic carbocycles. The molecule has 2 rings (SSSR count). The highest BCUT2D eigenvalue weighted by Gasteiger charge is 2.16. The number of benzene rings is 2. The van der Waals surface area contributed by atoms with Gasteiger partial charge in [-0.15, -0.1) is 0 Å². The van der Waals surface area contributed by atoms with Crippen LogP contribution in [0.3, 0.4) is 0 Å². The van der Waals surface area contributed by atoms with Crippen LogP contribution in [0.5, 0.6) is 5.75 Å². The summed E-state index contributed by atoms with van der Waals surface area (Å²) in [5.74, 6) is 0.220. The Bertz CT molecular complexity index is 760. The lowest BCUT2D eigenvalue weighted by atomic mass is 10.2. The Morgan fingerprint density at radius 1 is 1.16 bits per heavy atom. The van der Waals surface area contributed by atoms with Crippen molar-refractivity contribution in [2.45, 2.75) is 20.8 Å². The number of halogens is 1. The summed E-state index contributed by atoms with van der Waals surface area (Å²) in [6.45, 7) is 5.68. The lowest BCUT2D eigenvalue weighted by molar-refractivity contribution is -0.120. The highest BCUT2D eigenvalue weighted by molar-refractivity contribution is 6.30. The summed E-state index contributed by atoms with van der Waals surface area (Å²) in [5.41, 5.74) is 2.17. The first-order valence-corrected chi connectivity index (χ1v) is 8.35. The molecule has 2 aromatic carbocycles. The van der Waals surface area contributed by atoms with Crippen molar-refractivity contribution < 1.29 is 14.3 Å². The minimum atomic E-state index is -0.283. The van der Waals surface area contributed by atoms with Crippen molar-refractivity contribution in [2.24, 2.45) is 0 Å². The van der Waals surface area contributed by atoms with Crippen molar-refractivity contribution >= 4 is 34.8 Å². The Labute approximate surface area is 152 Å². The fourth-order valence-corrected chi connectivity index (χ4v) is 2.60. The van der Waals surface area contributed by atoms with Gasteiger partial charge in [0, 0.05) is 23.3 Å². The Morgan fingerprint density at radius 3 is 2.40 bits per heavy atom. The summed E-state index contributed by atoms with van der Waals surface area (Å²) in [6.07, 6.45) is 0. The number of anilines is 2. The predicted molar refractivity (Wildman–Crippen MR) is 100 cm³/mol. The molecule has 0 fully saturated rings. The van der Waals surface area contributed by atoms with Crippen LogP contribution in [0, 0.1) is 6.92 Å². The fourth-order valence-electron chi connectivity index (χ4n) is 2.37. The number of hydrogen-bond acceptors (Lipinski definition) is 3. The number of hydrogen-bond donors (Lipinski definition) is 1. The first-order valence-electron chi connectivity index (χ1n) is 7.97. The molecule has 0 aromatic heterocycles. The summed E-state index contributed by atoms with van der Waals surface area (Å²) in [7, 11) is 0. The molecule has 2 amide bonds. The van der Waals surface area contributed by atoms with Crippen molar-refractivity contribution in [1.29, 1.82) is 0 Å². The first kappa shape index (κ1) is 18.8. The van der Waals surface area contributed by atoms with E-state index in [1.54, 1.807) is 42.5 Å². The van der Waals surface area contributed by atoms with Crippen LogP contribution in [0.1, 0.15) is 19.4 Å². The molecular weight excluding hydrogens is 340 g/mol. The summed E-state index contributed by atoms with van der Waals surface area (Å²) in [6, 6.07) is 12.3. The topological polar surface area (TPSA) is 58.6 Å². The Balaban J connectivity index is 2.10. The van der Waals surface area contributed by atoms with Crippen LogP contribution in [0.25, 0.3) is 0 Å². The third-order valence-electron chi connectivity index (χ3n) is 3.60. The molecule has 2 aromatic rings. The van der Waals surface area contributed by atoms with E-state index in [-0.39, 0.29) is 18.4 Å². The minimum Gasteiger partial charge on any atom is -0.494 e. The molecule has 0 aliphatic heterocycles. The molecule has 6 heteroatoms. The molecule has 0 saturated heterocycles. The van der Waals surface area contributed by atoms with E-state index >= 15 is 0 Å². The fraction of sp³-hybridized carbons (Fsp3) is 0.263. The highest BCUT2D eigenvalue weighted by atomic mass is 35.5. The molecule has 0 heterocycles. The largest absolute Gasteiger partial charge is 0.494 e. The van der Waals surface area contributed by atoms with Gasteiger partial charge in [0.05, 0.1) is 6.61 Å². The van der Waals surface area contributed by atoms with Crippen molar-refractivity contribution in [1.82, 2.24) is 0 Å². The average Bonchev–Trinajstić information content (AvgIpc) is 2.56. The standard InChI is InChI=1S/C19H21ClN2O3/c1-4-25-17-8-6-16(7-9-17)22(14(3)23)12-19(24)21-18-10-5-15(20)11-13(18)2/h5-11H,4,12H2,1-3H3,(H,21,24). The van der Waals surface area contributed by atoms with Gasteiger partial charge in [-0.3, -0.25) is 9.59 Å². The monoisotopic (exact) mass is 360 g/mol. The van der Waals surface area contributed by atoms with E-state index in [4.69, 9.17) is 16.3 Å².